The van der Waals surface area contributed by atoms with Crippen molar-refractivity contribution in [3.8, 4) is 16.9 Å². The highest BCUT2D eigenvalue weighted by molar-refractivity contribution is 7.79. The number of aliphatic hydroxyl groups excluding tert-OH is 2. The summed E-state index contributed by atoms with van der Waals surface area (Å²) in [6, 6.07) is 20.3. The number of benzene rings is 3. The number of aliphatic hydroxyl groups is 2. The highest BCUT2D eigenvalue weighted by Crippen LogP contribution is 2.39. The van der Waals surface area contributed by atoms with Crippen molar-refractivity contribution < 1.29 is 33.6 Å². The third-order valence-corrected chi connectivity index (χ3v) is 6.87. The van der Waals surface area contributed by atoms with Crippen LogP contribution in [0.1, 0.15) is 30.0 Å². The molecule has 9 nitrogen and oxygen atoms in total. The molecular weight excluding hydrogens is 484 g/mol. The van der Waals surface area contributed by atoms with Gasteiger partial charge in [-0.3, -0.25) is 0 Å². The first kappa shape index (κ1) is 25.8. The lowest BCUT2D eigenvalue weighted by atomic mass is 10.0. The lowest BCUT2D eigenvalue weighted by molar-refractivity contribution is -0.139. The van der Waals surface area contributed by atoms with Crippen LogP contribution in [0.4, 0.5) is 5.69 Å². The van der Waals surface area contributed by atoms with Gasteiger partial charge in [-0.05, 0) is 41.8 Å². The zero-order valence-electron chi connectivity index (χ0n) is 19.6. The predicted octanol–water partition coefficient (Wildman–Crippen LogP) is 3.19. The van der Waals surface area contributed by atoms with Crippen LogP contribution in [0.5, 0.6) is 5.75 Å². The van der Waals surface area contributed by atoms with Crippen LogP contribution in [-0.2, 0) is 15.9 Å². The van der Waals surface area contributed by atoms with E-state index >= 15 is 0 Å². The Morgan fingerprint density at radius 1 is 0.972 bits per heavy atom. The fourth-order valence-electron chi connectivity index (χ4n) is 4.49. The van der Waals surface area contributed by atoms with E-state index in [-0.39, 0.29) is 13.0 Å². The SMILES string of the molecule is COc1ccc(-c2ccc(N(CS(=O)O)C(CCN3C(O)c4ccccc4C3O)C(=O)O)cc2)cc1. The van der Waals surface area contributed by atoms with Gasteiger partial charge in [-0.15, -0.1) is 0 Å². The molecule has 0 bridgehead atoms. The fourth-order valence-corrected chi connectivity index (χ4v) is 5.06. The number of ether oxygens (including phenoxy) is 1. The molecule has 0 saturated carbocycles. The number of rotatable bonds is 10. The number of anilines is 1. The molecule has 0 spiro atoms. The molecule has 36 heavy (non-hydrogen) atoms. The van der Waals surface area contributed by atoms with Crippen LogP contribution in [0.2, 0.25) is 0 Å². The highest BCUT2D eigenvalue weighted by Gasteiger charge is 2.37. The van der Waals surface area contributed by atoms with Gasteiger partial charge in [-0.1, -0.05) is 48.5 Å². The van der Waals surface area contributed by atoms with E-state index in [0.29, 0.717) is 16.8 Å². The average Bonchev–Trinajstić information content (AvgIpc) is 3.13. The summed E-state index contributed by atoms with van der Waals surface area (Å²) in [6.07, 6.45) is -2.15. The van der Waals surface area contributed by atoms with E-state index in [4.69, 9.17) is 4.74 Å². The van der Waals surface area contributed by atoms with Crippen molar-refractivity contribution in [1.29, 1.82) is 0 Å². The van der Waals surface area contributed by atoms with Crippen LogP contribution in [-0.4, -0.2) is 60.5 Å². The average molecular weight is 513 g/mol. The van der Waals surface area contributed by atoms with E-state index in [1.165, 1.54) is 9.80 Å². The van der Waals surface area contributed by atoms with Gasteiger partial charge in [0.2, 0.25) is 0 Å². The molecule has 4 unspecified atom stereocenters. The molecule has 0 aromatic heterocycles. The van der Waals surface area contributed by atoms with Gasteiger partial charge in [0.05, 0.1) is 7.11 Å². The molecule has 0 fully saturated rings. The minimum atomic E-state index is -2.29. The standard InChI is InChI=1S/C26H28N2O7S/c1-35-20-12-8-18(9-13-20)17-6-10-19(11-7-17)28(16-36(33)34)23(26(31)32)14-15-27-24(29)21-4-2-3-5-22(21)25(27)30/h2-13,23-25,29-30H,14-16H2,1H3,(H,31,32)(H,33,34). The molecule has 4 atom stereocenters. The topological polar surface area (TPSA) is 131 Å². The van der Waals surface area contributed by atoms with Gasteiger partial charge in [0.1, 0.15) is 30.1 Å². The van der Waals surface area contributed by atoms with E-state index in [0.717, 1.165) is 16.9 Å². The molecular formula is C26H28N2O7S. The fraction of sp³-hybridized carbons (Fsp3) is 0.269. The van der Waals surface area contributed by atoms with Crippen molar-refractivity contribution in [2.45, 2.75) is 24.9 Å². The van der Waals surface area contributed by atoms with Gasteiger partial charge in [0, 0.05) is 23.4 Å². The molecule has 0 radical (unpaired) electrons. The third kappa shape index (κ3) is 5.43. The maximum atomic E-state index is 12.3. The number of hydrogen-bond donors (Lipinski definition) is 4. The van der Waals surface area contributed by atoms with Crippen LogP contribution in [0, 0.1) is 0 Å². The first-order chi connectivity index (χ1) is 17.3. The van der Waals surface area contributed by atoms with Crippen molar-refractivity contribution in [2.24, 2.45) is 0 Å². The van der Waals surface area contributed by atoms with Crippen molar-refractivity contribution in [1.82, 2.24) is 4.90 Å². The summed E-state index contributed by atoms with van der Waals surface area (Å²) in [5.74, 6) is -0.863. The van der Waals surface area contributed by atoms with Crippen LogP contribution >= 0.6 is 0 Å². The zero-order valence-corrected chi connectivity index (χ0v) is 20.4. The number of fused-ring (bicyclic) bond motifs is 1. The Morgan fingerprint density at radius 3 is 1.97 bits per heavy atom. The Hall–Kier alpha value is -3.28. The molecule has 1 heterocycles. The number of methoxy groups -OCH3 is 1. The van der Waals surface area contributed by atoms with Gasteiger partial charge in [-0.2, -0.15) is 0 Å². The largest absolute Gasteiger partial charge is 0.497 e. The van der Waals surface area contributed by atoms with Crippen molar-refractivity contribution in [3.63, 3.8) is 0 Å². The van der Waals surface area contributed by atoms with Crippen molar-refractivity contribution >= 4 is 22.7 Å². The highest BCUT2D eigenvalue weighted by atomic mass is 32.2. The van der Waals surface area contributed by atoms with Gasteiger partial charge < -0.3 is 29.5 Å². The van der Waals surface area contributed by atoms with E-state index in [2.05, 4.69) is 0 Å². The number of hydrogen-bond acceptors (Lipinski definition) is 7. The molecule has 4 rings (SSSR count). The number of carbonyl (C=O) groups is 1. The quantitative estimate of drug-likeness (QED) is 0.303. The summed E-state index contributed by atoms with van der Waals surface area (Å²) in [7, 11) is 1.59. The smallest absolute Gasteiger partial charge is 0.326 e. The van der Waals surface area contributed by atoms with E-state index in [1.807, 2.05) is 36.4 Å². The summed E-state index contributed by atoms with van der Waals surface area (Å²) in [5, 5.41) is 31.3. The maximum absolute atomic E-state index is 12.3. The number of carboxylic acid groups (broad SMARTS) is 1. The Bertz CT molecular complexity index is 1190. The van der Waals surface area contributed by atoms with Gasteiger partial charge in [-0.25, -0.2) is 13.9 Å². The molecule has 190 valence electrons. The van der Waals surface area contributed by atoms with Crippen molar-refractivity contribution in [2.75, 3.05) is 24.4 Å². The molecule has 1 aliphatic heterocycles. The predicted molar refractivity (Wildman–Crippen MR) is 136 cm³/mol. The molecule has 1 aliphatic rings. The Kier molecular flexibility index (Phi) is 8.02. The molecule has 0 amide bonds. The van der Waals surface area contributed by atoms with Gasteiger partial charge in [0.15, 0.2) is 11.1 Å². The molecule has 0 aliphatic carbocycles. The summed E-state index contributed by atoms with van der Waals surface area (Å²) in [5.41, 5.74) is 3.43. The van der Waals surface area contributed by atoms with Crippen LogP contribution < -0.4 is 9.64 Å². The van der Waals surface area contributed by atoms with Crippen molar-refractivity contribution in [3.05, 3.63) is 83.9 Å². The van der Waals surface area contributed by atoms with Gasteiger partial charge >= 0.3 is 5.97 Å². The third-order valence-electron chi connectivity index (χ3n) is 6.37. The van der Waals surface area contributed by atoms with E-state index in [1.54, 1.807) is 43.5 Å². The molecule has 3 aromatic rings. The first-order valence-corrected chi connectivity index (χ1v) is 12.6. The summed E-state index contributed by atoms with van der Waals surface area (Å²) in [6.45, 7) is 0.0481. The normalized spacial score (nSPS) is 18.9. The number of aliphatic carboxylic acids is 1. The lowest BCUT2D eigenvalue weighted by Crippen LogP contribution is -2.45. The zero-order chi connectivity index (χ0) is 25.8. The Balaban J connectivity index is 1.54. The number of nitrogens with zero attached hydrogens (tertiary/aromatic N) is 2. The van der Waals surface area contributed by atoms with Gasteiger partial charge in [0.25, 0.3) is 0 Å². The summed E-state index contributed by atoms with van der Waals surface area (Å²) >= 11 is -2.29. The second-order valence-electron chi connectivity index (χ2n) is 8.45. The van der Waals surface area contributed by atoms with Crippen LogP contribution in [0.25, 0.3) is 11.1 Å². The molecule has 10 heteroatoms. The molecule has 0 saturated heterocycles. The van der Waals surface area contributed by atoms with Crippen LogP contribution in [0.15, 0.2) is 72.8 Å². The Labute approximate surface area is 211 Å². The monoisotopic (exact) mass is 512 g/mol. The number of carboxylic acids is 1. The maximum Gasteiger partial charge on any atom is 0.326 e. The van der Waals surface area contributed by atoms with E-state index in [9.17, 15) is 28.9 Å². The minimum absolute atomic E-state index is 0.00509. The Morgan fingerprint density at radius 2 is 1.50 bits per heavy atom. The molecule has 3 aromatic carbocycles. The second-order valence-corrected chi connectivity index (χ2v) is 9.35. The minimum Gasteiger partial charge on any atom is -0.497 e. The first-order valence-electron chi connectivity index (χ1n) is 11.3. The summed E-state index contributed by atoms with van der Waals surface area (Å²) in [4.78, 5) is 15.0. The van der Waals surface area contributed by atoms with E-state index < -0.39 is 41.4 Å². The lowest BCUT2D eigenvalue weighted by Gasteiger charge is -2.32. The molecule has 4 N–H and O–H groups in total. The second kappa shape index (κ2) is 11.2. The summed E-state index contributed by atoms with van der Waals surface area (Å²) < 4.78 is 26.5. The van der Waals surface area contributed by atoms with Crippen LogP contribution in [0.3, 0.4) is 0 Å².